The van der Waals surface area contributed by atoms with Crippen LogP contribution in [-0.4, -0.2) is 34.3 Å². The summed E-state index contributed by atoms with van der Waals surface area (Å²) in [7, 11) is -1.53. The van der Waals surface area contributed by atoms with E-state index in [0.29, 0.717) is 16.8 Å². The van der Waals surface area contributed by atoms with Gasteiger partial charge in [-0.25, -0.2) is 9.19 Å². The summed E-state index contributed by atoms with van der Waals surface area (Å²) in [5.74, 6) is 0.111. The molecule has 1 atom stereocenters. The number of hydrogen-bond acceptors (Lipinski definition) is 5. The third-order valence-electron chi connectivity index (χ3n) is 2.47. The van der Waals surface area contributed by atoms with Gasteiger partial charge in [-0.05, 0) is 24.6 Å². The van der Waals surface area contributed by atoms with Crippen molar-refractivity contribution < 1.29 is 26.5 Å². The first kappa shape index (κ1) is 15.8. The van der Waals surface area contributed by atoms with Gasteiger partial charge in [-0.3, -0.25) is 0 Å². The van der Waals surface area contributed by atoms with Crippen LogP contribution < -0.4 is 5.73 Å². The van der Waals surface area contributed by atoms with Crippen molar-refractivity contribution in [2.75, 3.05) is 24.7 Å². The number of oxazole rings is 1. The second kappa shape index (κ2) is 6.44. The molecule has 116 valence electrons. The molecule has 0 bridgehead atoms. The second-order valence-corrected chi connectivity index (χ2v) is 5.73. The first-order valence-corrected chi connectivity index (χ1v) is 7.36. The molecular weight excluding hydrogens is 309 g/mol. The molecule has 9 heteroatoms. The number of nitrogens with two attached hydrogens (primary N) is 1. The van der Waals surface area contributed by atoms with Gasteiger partial charge in [-0.2, -0.15) is 13.2 Å². The number of benzene rings is 1. The molecule has 0 aliphatic rings. The number of alkyl halides is 3. The lowest BCUT2D eigenvalue weighted by Gasteiger charge is -2.06. The maximum Gasteiger partial charge on any atom is 0.411 e. The summed E-state index contributed by atoms with van der Waals surface area (Å²) >= 11 is 0. The lowest BCUT2D eigenvalue weighted by molar-refractivity contribution is -0.173. The number of hydrogen-bond donors (Lipinski definition) is 1. The van der Waals surface area contributed by atoms with Gasteiger partial charge in [0.2, 0.25) is 0 Å². The SMILES string of the molecule is Nc1ccc2oc(S(=O)CCCOCC(F)(F)F)nc2c1. The highest BCUT2D eigenvalue weighted by atomic mass is 32.2. The van der Waals surface area contributed by atoms with Crippen molar-refractivity contribution in [3.05, 3.63) is 18.2 Å². The largest absolute Gasteiger partial charge is 0.430 e. The Labute approximate surface area is 120 Å². The average Bonchev–Trinajstić information content (AvgIpc) is 2.79. The summed E-state index contributed by atoms with van der Waals surface area (Å²) in [5, 5.41) is 0.0337. The molecule has 0 aliphatic carbocycles. The highest BCUT2D eigenvalue weighted by Crippen LogP contribution is 2.20. The van der Waals surface area contributed by atoms with E-state index in [-0.39, 0.29) is 24.0 Å². The van der Waals surface area contributed by atoms with E-state index in [1.54, 1.807) is 18.2 Å². The first-order valence-electron chi connectivity index (χ1n) is 6.04. The summed E-state index contributed by atoms with van der Waals surface area (Å²) in [6, 6.07) is 4.84. The monoisotopic (exact) mass is 322 g/mol. The molecule has 0 spiro atoms. The van der Waals surface area contributed by atoms with E-state index in [2.05, 4.69) is 9.72 Å². The minimum Gasteiger partial charge on any atom is -0.430 e. The summed E-state index contributed by atoms with van der Waals surface area (Å²) in [5.41, 5.74) is 7.05. The van der Waals surface area contributed by atoms with Crippen molar-refractivity contribution in [1.29, 1.82) is 0 Å². The number of nitrogens with zero attached hydrogens (tertiary/aromatic N) is 1. The Kier molecular flexibility index (Phi) is 4.84. The summed E-state index contributed by atoms with van der Waals surface area (Å²) in [6.07, 6.45) is -4.14. The third kappa shape index (κ3) is 4.71. The van der Waals surface area contributed by atoms with E-state index in [1.165, 1.54) is 0 Å². The maximum atomic E-state index is 11.9. The number of rotatable bonds is 6. The predicted molar refractivity (Wildman–Crippen MR) is 71.2 cm³/mol. The standard InChI is InChI=1S/C12H13F3N2O3S/c13-12(14,15)7-19-4-1-5-21(18)11-17-9-6-8(16)2-3-10(9)20-11/h2-3,6H,1,4-5,7,16H2. The van der Waals surface area contributed by atoms with Gasteiger partial charge in [0.05, 0.1) is 0 Å². The second-order valence-electron chi connectivity index (χ2n) is 4.28. The van der Waals surface area contributed by atoms with Gasteiger partial charge in [0.1, 0.15) is 22.9 Å². The molecule has 1 aromatic heterocycles. The van der Waals surface area contributed by atoms with Crippen LogP contribution in [0.4, 0.5) is 18.9 Å². The number of nitrogen functional groups attached to an aromatic ring is 1. The van der Waals surface area contributed by atoms with E-state index in [1.807, 2.05) is 0 Å². The van der Waals surface area contributed by atoms with Gasteiger partial charge in [0.25, 0.3) is 5.22 Å². The Balaban J connectivity index is 1.85. The minimum absolute atomic E-state index is 0.0337. The molecule has 2 rings (SSSR count). The van der Waals surface area contributed by atoms with Gasteiger partial charge in [-0.15, -0.1) is 0 Å². The van der Waals surface area contributed by atoms with Crippen LogP contribution in [0.25, 0.3) is 11.1 Å². The fraction of sp³-hybridized carbons (Fsp3) is 0.417. The molecule has 2 aromatic rings. The van der Waals surface area contributed by atoms with Crippen molar-refractivity contribution >= 4 is 27.6 Å². The number of fused-ring (bicyclic) bond motifs is 1. The van der Waals surface area contributed by atoms with Crippen LogP contribution in [0.5, 0.6) is 0 Å². The zero-order chi connectivity index (χ0) is 15.5. The van der Waals surface area contributed by atoms with E-state index in [9.17, 15) is 17.4 Å². The third-order valence-corrected chi connectivity index (χ3v) is 3.69. The fourth-order valence-corrected chi connectivity index (χ4v) is 2.53. The average molecular weight is 322 g/mol. The Bertz CT molecular complexity index is 642. The van der Waals surface area contributed by atoms with Gasteiger partial charge < -0.3 is 14.9 Å². The van der Waals surface area contributed by atoms with Crippen LogP contribution in [0.3, 0.4) is 0 Å². The summed E-state index contributed by atoms with van der Waals surface area (Å²) in [6.45, 7) is -1.43. The molecule has 0 amide bonds. The Morgan fingerprint density at radius 1 is 1.38 bits per heavy atom. The molecule has 21 heavy (non-hydrogen) atoms. The molecule has 0 aliphatic heterocycles. The number of halogens is 3. The number of aromatic nitrogens is 1. The van der Waals surface area contributed by atoms with Crippen molar-refractivity contribution in [2.24, 2.45) is 0 Å². The molecular formula is C12H13F3N2O3S. The zero-order valence-corrected chi connectivity index (χ0v) is 11.7. The Hall–Kier alpha value is -1.61. The number of ether oxygens (including phenoxy) is 1. The van der Waals surface area contributed by atoms with Gasteiger partial charge >= 0.3 is 6.18 Å². The highest BCUT2D eigenvalue weighted by molar-refractivity contribution is 7.84. The number of anilines is 1. The zero-order valence-electron chi connectivity index (χ0n) is 10.9. The van der Waals surface area contributed by atoms with Gasteiger partial charge in [0, 0.05) is 18.0 Å². The maximum absolute atomic E-state index is 11.9. The van der Waals surface area contributed by atoms with Crippen LogP contribution in [-0.2, 0) is 15.5 Å². The molecule has 0 saturated heterocycles. The molecule has 1 unspecified atom stereocenters. The van der Waals surface area contributed by atoms with Crippen LogP contribution >= 0.6 is 0 Å². The van der Waals surface area contributed by atoms with E-state index in [0.717, 1.165) is 0 Å². The normalized spacial score (nSPS) is 13.7. The van der Waals surface area contributed by atoms with Crippen LogP contribution in [0.2, 0.25) is 0 Å². The van der Waals surface area contributed by atoms with Crippen LogP contribution in [0.15, 0.2) is 27.8 Å². The Morgan fingerprint density at radius 3 is 2.86 bits per heavy atom. The molecule has 0 fully saturated rings. The Morgan fingerprint density at radius 2 is 2.14 bits per heavy atom. The predicted octanol–water partition coefficient (Wildman–Crippen LogP) is 2.49. The molecule has 0 saturated carbocycles. The lowest BCUT2D eigenvalue weighted by atomic mass is 10.3. The molecule has 0 radical (unpaired) electrons. The first-order chi connectivity index (χ1) is 9.85. The van der Waals surface area contributed by atoms with Gasteiger partial charge in [0.15, 0.2) is 5.58 Å². The lowest BCUT2D eigenvalue weighted by Crippen LogP contribution is -2.18. The highest BCUT2D eigenvalue weighted by Gasteiger charge is 2.27. The molecule has 5 nitrogen and oxygen atoms in total. The van der Waals surface area contributed by atoms with Crippen molar-refractivity contribution in [3.8, 4) is 0 Å². The molecule has 1 heterocycles. The topological polar surface area (TPSA) is 78.3 Å². The van der Waals surface area contributed by atoms with E-state index >= 15 is 0 Å². The van der Waals surface area contributed by atoms with Gasteiger partial charge in [-0.1, -0.05) is 0 Å². The van der Waals surface area contributed by atoms with Crippen LogP contribution in [0.1, 0.15) is 6.42 Å². The van der Waals surface area contributed by atoms with E-state index in [4.69, 9.17) is 10.2 Å². The molecule has 2 N–H and O–H groups in total. The summed E-state index contributed by atoms with van der Waals surface area (Å²) < 4.78 is 57.2. The van der Waals surface area contributed by atoms with Crippen molar-refractivity contribution in [1.82, 2.24) is 4.98 Å². The van der Waals surface area contributed by atoms with E-state index < -0.39 is 23.6 Å². The smallest absolute Gasteiger partial charge is 0.411 e. The van der Waals surface area contributed by atoms with Crippen LogP contribution in [0, 0.1) is 0 Å². The quantitative estimate of drug-likeness (QED) is 0.653. The van der Waals surface area contributed by atoms with Crippen molar-refractivity contribution in [3.63, 3.8) is 0 Å². The molecule has 1 aromatic carbocycles. The summed E-state index contributed by atoms with van der Waals surface area (Å²) in [4.78, 5) is 4.04. The minimum atomic E-state index is -4.35. The van der Waals surface area contributed by atoms with Crippen molar-refractivity contribution in [2.45, 2.75) is 17.8 Å². The fourth-order valence-electron chi connectivity index (χ4n) is 1.59.